The summed E-state index contributed by atoms with van der Waals surface area (Å²) in [6, 6.07) is 1.75. The summed E-state index contributed by atoms with van der Waals surface area (Å²) in [6.07, 6.45) is 0. The topological polar surface area (TPSA) is 73.4 Å². The zero-order chi connectivity index (χ0) is 11.5. The van der Waals surface area contributed by atoms with Gasteiger partial charge in [0.05, 0.1) is 18.9 Å². The van der Waals surface area contributed by atoms with E-state index in [1.54, 1.807) is 13.1 Å². The standard InChI is InChI=1S/C10H16N4O2/c1-13-9(10(11)15)6-8(12-13)7-14-2-4-16-5-3-14/h6H,2-5,7H2,1H3,(H2,11,15). The highest BCUT2D eigenvalue weighted by Crippen LogP contribution is 2.07. The molecule has 2 rings (SSSR count). The predicted octanol–water partition coefficient (Wildman–Crippen LogP) is -0.649. The lowest BCUT2D eigenvalue weighted by atomic mass is 10.3. The second-order valence-corrected chi connectivity index (χ2v) is 3.90. The molecule has 6 heteroatoms. The molecule has 0 saturated carbocycles. The Morgan fingerprint density at radius 1 is 1.56 bits per heavy atom. The predicted molar refractivity (Wildman–Crippen MR) is 57.8 cm³/mol. The summed E-state index contributed by atoms with van der Waals surface area (Å²) in [5, 5.41) is 4.26. The molecule has 0 atom stereocenters. The van der Waals surface area contributed by atoms with Crippen LogP contribution in [0.4, 0.5) is 0 Å². The average molecular weight is 224 g/mol. The van der Waals surface area contributed by atoms with Crippen molar-refractivity contribution in [3.63, 3.8) is 0 Å². The van der Waals surface area contributed by atoms with Crippen LogP contribution in [-0.2, 0) is 18.3 Å². The molecular formula is C10H16N4O2. The van der Waals surface area contributed by atoms with E-state index in [1.165, 1.54) is 4.68 Å². The van der Waals surface area contributed by atoms with Crippen LogP contribution < -0.4 is 5.73 Å². The van der Waals surface area contributed by atoms with Gasteiger partial charge in [0, 0.05) is 26.7 Å². The molecule has 16 heavy (non-hydrogen) atoms. The smallest absolute Gasteiger partial charge is 0.266 e. The van der Waals surface area contributed by atoms with Crippen LogP contribution in [0.2, 0.25) is 0 Å². The van der Waals surface area contributed by atoms with Gasteiger partial charge >= 0.3 is 0 Å². The van der Waals surface area contributed by atoms with Crippen molar-refractivity contribution in [3.05, 3.63) is 17.5 Å². The van der Waals surface area contributed by atoms with Crippen molar-refractivity contribution in [1.82, 2.24) is 14.7 Å². The molecule has 1 aliphatic heterocycles. The number of ether oxygens (including phenoxy) is 1. The summed E-state index contributed by atoms with van der Waals surface area (Å²) in [5.74, 6) is -0.441. The number of aryl methyl sites for hydroxylation is 1. The number of carbonyl (C=O) groups is 1. The first-order valence-electron chi connectivity index (χ1n) is 5.29. The maximum atomic E-state index is 11.1. The molecule has 1 aromatic heterocycles. The number of hydrogen-bond acceptors (Lipinski definition) is 4. The van der Waals surface area contributed by atoms with Crippen LogP contribution in [0.3, 0.4) is 0 Å². The van der Waals surface area contributed by atoms with E-state index in [2.05, 4.69) is 10.00 Å². The summed E-state index contributed by atoms with van der Waals surface area (Å²) in [5.41, 5.74) is 6.55. The lowest BCUT2D eigenvalue weighted by Gasteiger charge is -2.25. The number of nitrogens with two attached hydrogens (primary N) is 1. The van der Waals surface area contributed by atoms with E-state index in [0.717, 1.165) is 38.5 Å². The normalized spacial score (nSPS) is 17.6. The van der Waals surface area contributed by atoms with E-state index in [9.17, 15) is 4.79 Å². The van der Waals surface area contributed by atoms with Crippen LogP contribution in [0.1, 0.15) is 16.2 Å². The Morgan fingerprint density at radius 3 is 2.81 bits per heavy atom. The van der Waals surface area contributed by atoms with E-state index in [-0.39, 0.29) is 0 Å². The third-order valence-electron chi connectivity index (χ3n) is 2.67. The molecule has 2 heterocycles. The van der Waals surface area contributed by atoms with Crippen LogP contribution in [-0.4, -0.2) is 46.9 Å². The average Bonchev–Trinajstić information content (AvgIpc) is 2.61. The van der Waals surface area contributed by atoms with Crippen LogP contribution in [0.5, 0.6) is 0 Å². The van der Waals surface area contributed by atoms with Gasteiger partial charge in [-0.3, -0.25) is 14.4 Å². The summed E-state index contributed by atoms with van der Waals surface area (Å²) in [4.78, 5) is 13.3. The van der Waals surface area contributed by atoms with Gasteiger partial charge in [-0.05, 0) is 6.07 Å². The Balaban J connectivity index is 2.03. The lowest BCUT2D eigenvalue weighted by molar-refractivity contribution is 0.0336. The summed E-state index contributed by atoms with van der Waals surface area (Å²) < 4.78 is 6.79. The fourth-order valence-corrected chi connectivity index (χ4v) is 1.82. The van der Waals surface area contributed by atoms with Gasteiger partial charge < -0.3 is 10.5 Å². The van der Waals surface area contributed by atoms with E-state index < -0.39 is 5.91 Å². The first-order valence-corrected chi connectivity index (χ1v) is 5.29. The molecule has 6 nitrogen and oxygen atoms in total. The van der Waals surface area contributed by atoms with Crippen LogP contribution in [0.25, 0.3) is 0 Å². The third kappa shape index (κ3) is 2.40. The van der Waals surface area contributed by atoms with Crippen LogP contribution in [0.15, 0.2) is 6.07 Å². The van der Waals surface area contributed by atoms with Crippen molar-refractivity contribution in [2.75, 3.05) is 26.3 Å². The maximum absolute atomic E-state index is 11.1. The molecule has 1 aliphatic rings. The third-order valence-corrected chi connectivity index (χ3v) is 2.67. The number of aromatic nitrogens is 2. The number of rotatable bonds is 3. The first kappa shape index (κ1) is 11.1. The zero-order valence-electron chi connectivity index (χ0n) is 9.35. The van der Waals surface area contributed by atoms with Gasteiger partial charge in [-0.1, -0.05) is 0 Å². The maximum Gasteiger partial charge on any atom is 0.266 e. The Bertz CT molecular complexity index is 382. The SMILES string of the molecule is Cn1nc(CN2CCOCC2)cc1C(N)=O. The van der Waals surface area contributed by atoms with Gasteiger partial charge in [0.1, 0.15) is 5.69 Å². The number of primary amides is 1. The number of carbonyl (C=O) groups excluding carboxylic acids is 1. The van der Waals surface area contributed by atoms with Crippen molar-refractivity contribution in [2.45, 2.75) is 6.54 Å². The fraction of sp³-hybridized carbons (Fsp3) is 0.600. The molecule has 88 valence electrons. The van der Waals surface area contributed by atoms with Crippen molar-refractivity contribution in [2.24, 2.45) is 12.8 Å². The second-order valence-electron chi connectivity index (χ2n) is 3.90. The minimum atomic E-state index is -0.441. The van der Waals surface area contributed by atoms with Gasteiger partial charge in [0.15, 0.2) is 0 Å². The van der Waals surface area contributed by atoms with Gasteiger partial charge in [0.2, 0.25) is 0 Å². The van der Waals surface area contributed by atoms with Gasteiger partial charge in [-0.15, -0.1) is 0 Å². The molecule has 1 amide bonds. The summed E-state index contributed by atoms with van der Waals surface area (Å²) >= 11 is 0. The Hall–Kier alpha value is -1.40. The van der Waals surface area contributed by atoms with Crippen LogP contribution in [0, 0.1) is 0 Å². The molecule has 0 radical (unpaired) electrons. The molecule has 0 aliphatic carbocycles. The monoisotopic (exact) mass is 224 g/mol. The first-order chi connectivity index (χ1) is 7.66. The van der Waals surface area contributed by atoms with Gasteiger partial charge in [-0.25, -0.2) is 0 Å². The molecule has 0 spiro atoms. The van der Waals surface area contributed by atoms with Crippen molar-refractivity contribution in [1.29, 1.82) is 0 Å². The number of morpholine rings is 1. The summed E-state index contributed by atoms with van der Waals surface area (Å²) in [7, 11) is 1.73. The highest BCUT2D eigenvalue weighted by atomic mass is 16.5. The van der Waals surface area contributed by atoms with E-state index in [0.29, 0.717) is 5.69 Å². The van der Waals surface area contributed by atoms with Crippen molar-refractivity contribution in [3.8, 4) is 0 Å². The Kier molecular flexibility index (Phi) is 3.21. The molecule has 0 unspecified atom stereocenters. The molecule has 1 aromatic rings. The zero-order valence-corrected chi connectivity index (χ0v) is 9.35. The second kappa shape index (κ2) is 4.63. The Labute approximate surface area is 94.0 Å². The minimum Gasteiger partial charge on any atom is -0.379 e. The lowest BCUT2D eigenvalue weighted by Crippen LogP contribution is -2.35. The summed E-state index contributed by atoms with van der Waals surface area (Å²) in [6.45, 7) is 4.07. The number of nitrogens with zero attached hydrogens (tertiary/aromatic N) is 3. The van der Waals surface area contributed by atoms with E-state index >= 15 is 0 Å². The van der Waals surface area contributed by atoms with E-state index in [4.69, 9.17) is 10.5 Å². The Morgan fingerprint density at radius 2 is 2.25 bits per heavy atom. The molecule has 0 bridgehead atoms. The minimum absolute atomic E-state index is 0.441. The van der Waals surface area contributed by atoms with Gasteiger partial charge in [0.25, 0.3) is 5.91 Å². The van der Waals surface area contributed by atoms with E-state index in [1.807, 2.05) is 0 Å². The molecule has 1 fully saturated rings. The van der Waals surface area contributed by atoms with Crippen molar-refractivity contribution >= 4 is 5.91 Å². The molecule has 0 aromatic carbocycles. The molecule has 2 N–H and O–H groups in total. The fourth-order valence-electron chi connectivity index (χ4n) is 1.82. The van der Waals surface area contributed by atoms with Crippen LogP contribution >= 0.6 is 0 Å². The van der Waals surface area contributed by atoms with Crippen molar-refractivity contribution < 1.29 is 9.53 Å². The highest BCUT2D eigenvalue weighted by Gasteiger charge is 2.15. The number of amides is 1. The quantitative estimate of drug-likeness (QED) is 0.740. The molecule has 1 saturated heterocycles. The largest absolute Gasteiger partial charge is 0.379 e. The number of hydrogen-bond donors (Lipinski definition) is 1. The molecular weight excluding hydrogens is 208 g/mol. The highest BCUT2D eigenvalue weighted by molar-refractivity contribution is 5.91. The van der Waals surface area contributed by atoms with Gasteiger partial charge in [-0.2, -0.15) is 5.10 Å².